The summed E-state index contributed by atoms with van der Waals surface area (Å²) in [5.41, 5.74) is 0.940. The fraction of sp³-hybridized carbons (Fsp3) is 0.227. The second kappa shape index (κ2) is 8.20. The predicted molar refractivity (Wildman–Crippen MR) is 116 cm³/mol. The van der Waals surface area contributed by atoms with Crippen molar-refractivity contribution in [1.82, 2.24) is 20.0 Å². The van der Waals surface area contributed by atoms with Gasteiger partial charge in [-0.05, 0) is 29.7 Å². The number of aromatic nitrogens is 2. The molecule has 0 aromatic carbocycles. The van der Waals surface area contributed by atoms with Crippen molar-refractivity contribution >= 4 is 29.4 Å². The number of Topliss-reactive ketones (excluding diaryl/α,β-unsaturated/α-hetero) is 1. The minimum absolute atomic E-state index is 0.174. The van der Waals surface area contributed by atoms with Crippen LogP contribution in [0.4, 0.5) is 13.2 Å². The van der Waals surface area contributed by atoms with Crippen LogP contribution in [-0.2, 0) is 6.18 Å². The lowest BCUT2D eigenvalue weighted by molar-refractivity contribution is -0.136. The molecule has 7 nitrogen and oxygen atoms in total. The molecule has 3 aromatic rings. The van der Waals surface area contributed by atoms with Crippen LogP contribution in [0.3, 0.4) is 0 Å². The van der Waals surface area contributed by atoms with Gasteiger partial charge in [-0.1, -0.05) is 17.7 Å². The number of carbonyl (C=O) groups is 1. The first kappa shape index (κ1) is 21.5. The van der Waals surface area contributed by atoms with E-state index in [-0.39, 0.29) is 16.4 Å². The van der Waals surface area contributed by atoms with Gasteiger partial charge >= 0.3 is 6.18 Å². The average molecular weight is 476 g/mol. The molecule has 1 atom stereocenters. The summed E-state index contributed by atoms with van der Waals surface area (Å²) in [4.78, 5) is 21.5. The zero-order valence-corrected chi connectivity index (χ0v) is 17.7. The second-order valence-corrected chi connectivity index (χ2v) is 8.02. The van der Waals surface area contributed by atoms with Crippen LogP contribution in [-0.4, -0.2) is 40.6 Å². The summed E-state index contributed by atoms with van der Waals surface area (Å²) >= 11 is 6.42. The number of fused-ring (bicyclic) bond motifs is 1. The standard InChI is InChI=1S/C22H17ClF3N5O2/c23-20-18(19(32)17-6-12(1-3-29-17)15-7-27-11-28-8-15)30-21-16(22(24,25)26)5-14(9-31(20)21)13-2-4-33-10-13/h1-2,4-5,7,9-11,17,29H,3,6,8H2,(H,27,28). The van der Waals surface area contributed by atoms with E-state index in [1.54, 1.807) is 6.34 Å². The maximum Gasteiger partial charge on any atom is 0.420 e. The highest BCUT2D eigenvalue weighted by Gasteiger charge is 2.37. The largest absolute Gasteiger partial charge is 0.472 e. The van der Waals surface area contributed by atoms with Gasteiger partial charge in [0, 0.05) is 30.1 Å². The van der Waals surface area contributed by atoms with Gasteiger partial charge in [0.15, 0.2) is 5.65 Å². The molecule has 2 aliphatic heterocycles. The van der Waals surface area contributed by atoms with Crippen molar-refractivity contribution in [3.05, 3.63) is 70.7 Å². The Morgan fingerprint density at radius 1 is 1.27 bits per heavy atom. The number of hydrogen-bond acceptors (Lipinski definition) is 6. The number of rotatable bonds is 4. The number of furan rings is 1. The Morgan fingerprint density at radius 2 is 2.12 bits per heavy atom. The molecule has 0 aliphatic carbocycles. The normalized spacial score (nSPS) is 18.7. The van der Waals surface area contributed by atoms with Crippen LogP contribution in [0.25, 0.3) is 16.8 Å². The highest BCUT2D eigenvalue weighted by Crippen LogP contribution is 2.37. The molecule has 170 valence electrons. The van der Waals surface area contributed by atoms with Gasteiger partial charge in [-0.2, -0.15) is 13.2 Å². The van der Waals surface area contributed by atoms with Crippen molar-refractivity contribution in [2.75, 3.05) is 13.1 Å². The summed E-state index contributed by atoms with van der Waals surface area (Å²) in [7, 11) is 0. The van der Waals surface area contributed by atoms with E-state index in [1.165, 1.54) is 24.8 Å². The Labute approximate surface area is 190 Å². The van der Waals surface area contributed by atoms with Crippen LogP contribution >= 0.6 is 11.6 Å². The summed E-state index contributed by atoms with van der Waals surface area (Å²) in [6.07, 6.45) is 5.11. The lowest BCUT2D eigenvalue weighted by Gasteiger charge is -2.24. The van der Waals surface area contributed by atoms with Crippen molar-refractivity contribution in [3.63, 3.8) is 0 Å². The molecular formula is C22H17ClF3N5O2. The van der Waals surface area contributed by atoms with Crippen molar-refractivity contribution in [2.24, 2.45) is 4.99 Å². The highest BCUT2D eigenvalue weighted by molar-refractivity contribution is 6.33. The Bertz CT molecular complexity index is 1320. The van der Waals surface area contributed by atoms with Gasteiger partial charge in [0.25, 0.3) is 0 Å². The lowest BCUT2D eigenvalue weighted by Crippen LogP contribution is -2.40. The van der Waals surface area contributed by atoms with E-state index in [4.69, 9.17) is 16.0 Å². The number of aliphatic imine (C=N–C) groups is 1. The number of halogens is 4. The van der Waals surface area contributed by atoms with E-state index >= 15 is 0 Å². The van der Waals surface area contributed by atoms with E-state index in [1.807, 2.05) is 12.3 Å². The smallest absolute Gasteiger partial charge is 0.420 e. The van der Waals surface area contributed by atoms with Gasteiger partial charge in [0.05, 0.1) is 37.0 Å². The van der Waals surface area contributed by atoms with Crippen LogP contribution in [0.1, 0.15) is 22.5 Å². The molecule has 0 fully saturated rings. The summed E-state index contributed by atoms with van der Waals surface area (Å²) < 4.78 is 47.6. The number of nitrogens with one attached hydrogen (secondary N) is 2. The van der Waals surface area contributed by atoms with E-state index in [0.717, 1.165) is 21.6 Å². The molecule has 0 saturated carbocycles. The highest BCUT2D eigenvalue weighted by atomic mass is 35.5. The van der Waals surface area contributed by atoms with Gasteiger partial charge < -0.3 is 15.1 Å². The van der Waals surface area contributed by atoms with Gasteiger partial charge in [-0.25, -0.2) is 4.98 Å². The number of imidazole rings is 1. The molecule has 0 radical (unpaired) electrons. The monoisotopic (exact) mass is 475 g/mol. The molecule has 0 bridgehead atoms. The summed E-state index contributed by atoms with van der Waals surface area (Å²) in [6.45, 7) is 0.914. The number of nitrogens with zero attached hydrogens (tertiary/aromatic N) is 3. The zero-order valence-electron chi connectivity index (χ0n) is 17.0. The molecule has 33 heavy (non-hydrogen) atoms. The Balaban J connectivity index is 1.53. The molecule has 5 rings (SSSR count). The third kappa shape index (κ3) is 3.96. The van der Waals surface area contributed by atoms with Crippen LogP contribution in [0.2, 0.25) is 5.15 Å². The van der Waals surface area contributed by atoms with Crippen LogP contribution in [0.15, 0.2) is 63.7 Å². The third-order valence-corrected chi connectivity index (χ3v) is 5.97. The fourth-order valence-electron chi connectivity index (χ4n) is 3.96. The molecule has 2 N–H and O–H groups in total. The van der Waals surface area contributed by atoms with Crippen LogP contribution < -0.4 is 10.6 Å². The van der Waals surface area contributed by atoms with Gasteiger partial charge in [-0.15, -0.1) is 0 Å². The third-order valence-electron chi connectivity index (χ3n) is 5.61. The summed E-state index contributed by atoms with van der Waals surface area (Å²) in [6, 6.07) is 1.83. The topological polar surface area (TPSA) is 83.9 Å². The number of pyridine rings is 1. The Morgan fingerprint density at radius 3 is 2.82 bits per heavy atom. The van der Waals surface area contributed by atoms with Crippen LogP contribution in [0.5, 0.6) is 0 Å². The molecular weight excluding hydrogens is 459 g/mol. The molecule has 5 heterocycles. The van der Waals surface area contributed by atoms with Gasteiger partial charge in [0.2, 0.25) is 5.78 Å². The minimum Gasteiger partial charge on any atom is -0.472 e. The molecule has 0 spiro atoms. The Kier molecular flexibility index (Phi) is 5.34. The SMILES string of the molecule is O=C(c1nc2c(C(F)(F)F)cc(-c3ccoc3)cn2c1Cl)C1CC(C2=CNC=NC2)=CCN1. The van der Waals surface area contributed by atoms with E-state index in [9.17, 15) is 18.0 Å². The second-order valence-electron chi connectivity index (χ2n) is 7.66. The van der Waals surface area contributed by atoms with E-state index in [0.29, 0.717) is 25.1 Å². The Hall–Kier alpha value is -3.37. The van der Waals surface area contributed by atoms with Crippen molar-refractivity contribution < 1.29 is 22.4 Å². The average Bonchev–Trinajstić information content (AvgIpc) is 3.47. The lowest BCUT2D eigenvalue weighted by atomic mass is 9.92. The number of carbonyl (C=O) groups excluding carboxylic acids is 1. The number of ketones is 1. The van der Waals surface area contributed by atoms with E-state index < -0.39 is 29.2 Å². The predicted octanol–water partition coefficient (Wildman–Crippen LogP) is 4.25. The molecule has 3 aromatic heterocycles. The number of hydrogen-bond donors (Lipinski definition) is 2. The molecule has 1 unspecified atom stereocenters. The van der Waals surface area contributed by atoms with Crippen molar-refractivity contribution in [2.45, 2.75) is 18.6 Å². The van der Waals surface area contributed by atoms with Crippen LogP contribution in [0, 0.1) is 0 Å². The summed E-state index contributed by atoms with van der Waals surface area (Å²) in [5.74, 6) is -0.472. The van der Waals surface area contributed by atoms with Gasteiger partial charge in [0.1, 0.15) is 10.8 Å². The molecule has 11 heteroatoms. The van der Waals surface area contributed by atoms with E-state index in [2.05, 4.69) is 20.6 Å². The molecule has 0 amide bonds. The van der Waals surface area contributed by atoms with Gasteiger partial charge in [-0.3, -0.25) is 14.2 Å². The molecule has 0 saturated heterocycles. The maximum atomic E-state index is 13.8. The van der Waals surface area contributed by atoms with Crippen molar-refractivity contribution in [3.8, 4) is 11.1 Å². The number of alkyl halides is 3. The summed E-state index contributed by atoms with van der Waals surface area (Å²) in [5, 5.41) is 5.83. The first-order chi connectivity index (χ1) is 15.8. The first-order valence-corrected chi connectivity index (χ1v) is 10.4. The minimum atomic E-state index is -4.70. The zero-order chi connectivity index (χ0) is 23.2. The first-order valence-electron chi connectivity index (χ1n) is 10.0. The van der Waals surface area contributed by atoms with Crippen molar-refractivity contribution in [1.29, 1.82) is 0 Å². The molecule has 2 aliphatic rings. The quantitative estimate of drug-likeness (QED) is 0.551. The maximum absolute atomic E-state index is 13.8. The fourth-order valence-corrected chi connectivity index (χ4v) is 4.22.